The predicted molar refractivity (Wildman–Crippen MR) is 56.8 cm³/mol. The third-order valence-electron chi connectivity index (χ3n) is 1.66. The molecular formula is C10H13NOS. The second-order valence-electron chi connectivity index (χ2n) is 2.85. The van der Waals surface area contributed by atoms with Crippen LogP contribution in [0.2, 0.25) is 0 Å². The topological polar surface area (TPSA) is 29.1 Å². The fraction of sp³-hybridized carbons (Fsp3) is 0.300. The fourth-order valence-corrected chi connectivity index (χ4v) is 1.75. The summed E-state index contributed by atoms with van der Waals surface area (Å²) in [4.78, 5) is 10.5. The van der Waals surface area contributed by atoms with E-state index in [0.717, 1.165) is 0 Å². The van der Waals surface area contributed by atoms with Crippen molar-refractivity contribution >= 4 is 23.3 Å². The van der Waals surface area contributed by atoms with Crippen LogP contribution in [0.4, 0.5) is 0 Å². The zero-order valence-corrected chi connectivity index (χ0v) is 8.65. The van der Waals surface area contributed by atoms with Gasteiger partial charge in [0.15, 0.2) is 0 Å². The molecule has 0 spiro atoms. The molecule has 1 rings (SSSR count). The predicted octanol–water partition coefficient (Wildman–Crippen LogP) is 2.21. The molecule has 70 valence electrons. The van der Waals surface area contributed by atoms with Crippen molar-refractivity contribution in [2.75, 3.05) is 6.54 Å². The third-order valence-corrected chi connectivity index (χ3v) is 2.54. The SMILES string of the molecule is CC(=O)NCC=Cc1cscc1C. The van der Waals surface area contributed by atoms with Gasteiger partial charge in [-0.3, -0.25) is 4.79 Å². The Bertz CT molecular complexity index is 314. The Morgan fingerprint density at radius 3 is 2.92 bits per heavy atom. The van der Waals surface area contributed by atoms with E-state index in [-0.39, 0.29) is 5.91 Å². The molecule has 0 aliphatic rings. The van der Waals surface area contributed by atoms with Crippen LogP contribution in [-0.2, 0) is 4.79 Å². The highest BCUT2D eigenvalue weighted by molar-refractivity contribution is 7.08. The van der Waals surface area contributed by atoms with Crippen molar-refractivity contribution in [1.82, 2.24) is 5.32 Å². The smallest absolute Gasteiger partial charge is 0.217 e. The molecule has 2 nitrogen and oxygen atoms in total. The summed E-state index contributed by atoms with van der Waals surface area (Å²) < 4.78 is 0. The Balaban J connectivity index is 2.41. The zero-order chi connectivity index (χ0) is 9.68. The summed E-state index contributed by atoms with van der Waals surface area (Å²) in [5, 5.41) is 6.91. The number of hydrogen-bond acceptors (Lipinski definition) is 2. The number of nitrogens with one attached hydrogen (secondary N) is 1. The first-order valence-corrected chi connectivity index (χ1v) is 5.08. The molecule has 1 amide bonds. The molecule has 1 aromatic rings. The maximum atomic E-state index is 10.5. The van der Waals surface area contributed by atoms with Gasteiger partial charge in [-0.05, 0) is 28.8 Å². The molecule has 1 heterocycles. The van der Waals surface area contributed by atoms with E-state index in [2.05, 4.69) is 23.0 Å². The van der Waals surface area contributed by atoms with Crippen LogP contribution in [0.3, 0.4) is 0 Å². The number of amides is 1. The van der Waals surface area contributed by atoms with Crippen molar-refractivity contribution < 1.29 is 4.79 Å². The van der Waals surface area contributed by atoms with Crippen molar-refractivity contribution in [3.8, 4) is 0 Å². The fourth-order valence-electron chi connectivity index (χ4n) is 0.930. The molecule has 0 unspecified atom stereocenters. The van der Waals surface area contributed by atoms with Gasteiger partial charge in [0.2, 0.25) is 5.91 Å². The van der Waals surface area contributed by atoms with E-state index in [1.54, 1.807) is 11.3 Å². The number of thiophene rings is 1. The molecule has 0 aliphatic carbocycles. The van der Waals surface area contributed by atoms with Crippen molar-refractivity contribution in [2.45, 2.75) is 13.8 Å². The molecule has 0 radical (unpaired) electrons. The molecule has 0 bridgehead atoms. The summed E-state index contributed by atoms with van der Waals surface area (Å²) in [7, 11) is 0. The molecule has 0 fully saturated rings. The third kappa shape index (κ3) is 3.42. The molecule has 0 aliphatic heterocycles. The maximum Gasteiger partial charge on any atom is 0.217 e. The minimum Gasteiger partial charge on any atom is -0.353 e. The van der Waals surface area contributed by atoms with Gasteiger partial charge in [-0.2, -0.15) is 11.3 Å². The minimum absolute atomic E-state index is 0.00619. The highest BCUT2D eigenvalue weighted by atomic mass is 32.1. The molecule has 3 heteroatoms. The van der Waals surface area contributed by atoms with Crippen LogP contribution in [0.25, 0.3) is 6.08 Å². The van der Waals surface area contributed by atoms with Gasteiger partial charge in [-0.15, -0.1) is 0 Å². The molecule has 1 aromatic heterocycles. The lowest BCUT2D eigenvalue weighted by molar-refractivity contribution is -0.118. The van der Waals surface area contributed by atoms with Crippen molar-refractivity contribution in [3.05, 3.63) is 28.0 Å². The minimum atomic E-state index is 0.00619. The van der Waals surface area contributed by atoms with Crippen LogP contribution in [0.15, 0.2) is 16.8 Å². The van der Waals surface area contributed by atoms with E-state index < -0.39 is 0 Å². The van der Waals surface area contributed by atoms with Gasteiger partial charge in [0.25, 0.3) is 0 Å². The van der Waals surface area contributed by atoms with Gasteiger partial charge in [-0.25, -0.2) is 0 Å². The summed E-state index contributed by atoms with van der Waals surface area (Å²) >= 11 is 1.69. The second-order valence-corrected chi connectivity index (χ2v) is 3.59. The zero-order valence-electron chi connectivity index (χ0n) is 7.83. The Morgan fingerprint density at radius 2 is 2.38 bits per heavy atom. The maximum absolute atomic E-state index is 10.5. The largest absolute Gasteiger partial charge is 0.353 e. The molecule has 1 N–H and O–H groups in total. The summed E-state index contributed by atoms with van der Waals surface area (Å²) in [6, 6.07) is 0. The molecule has 13 heavy (non-hydrogen) atoms. The van der Waals surface area contributed by atoms with Crippen LogP contribution in [0.5, 0.6) is 0 Å². The first kappa shape index (κ1) is 9.99. The Hall–Kier alpha value is -1.09. The van der Waals surface area contributed by atoms with Crippen LogP contribution in [0.1, 0.15) is 18.1 Å². The Kier molecular flexibility index (Phi) is 3.71. The lowest BCUT2D eigenvalue weighted by Gasteiger charge is -1.94. The van der Waals surface area contributed by atoms with Crippen LogP contribution in [-0.4, -0.2) is 12.5 Å². The number of aryl methyl sites for hydroxylation is 1. The first-order valence-electron chi connectivity index (χ1n) is 4.14. The van der Waals surface area contributed by atoms with Gasteiger partial charge >= 0.3 is 0 Å². The van der Waals surface area contributed by atoms with Crippen LogP contribution >= 0.6 is 11.3 Å². The molecule has 0 atom stereocenters. The summed E-state index contributed by atoms with van der Waals surface area (Å²) in [6.45, 7) is 4.20. The van der Waals surface area contributed by atoms with E-state index in [1.165, 1.54) is 18.1 Å². The average molecular weight is 195 g/mol. The molecule has 0 aromatic carbocycles. The molecule has 0 saturated heterocycles. The van der Waals surface area contributed by atoms with E-state index in [9.17, 15) is 4.79 Å². The lowest BCUT2D eigenvalue weighted by Crippen LogP contribution is -2.19. The summed E-state index contributed by atoms with van der Waals surface area (Å²) in [5.74, 6) is 0.00619. The van der Waals surface area contributed by atoms with E-state index in [0.29, 0.717) is 6.54 Å². The Labute approximate surface area is 82.3 Å². The van der Waals surface area contributed by atoms with Crippen molar-refractivity contribution in [2.24, 2.45) is 0 Å². The quantitative estimate of drug-likeness (QED) is 0.787. The molecular weight excluding hydrogens is 182 g/mol. The van der Waals surface area contributed by atoms with Gasteiger partial charge < -0.3 is 5.32 Å². The second kappa shape index (κ2) is 4.82. The van der Waals surface area contributed by atoms with E-state index >= 15 is 0 Å². The van der Waals surface area contributed by atoms with Crippen LogP contribution in [0, 0.1) is 6.92 Å². The highest BCUT2D eigenvalue weighted by Gasteiger charge is 1.92. The summed E-state index contributed by atoms with van der Waals surface area (Å²) in [6.07, 6.45) is 3.98. The monoisotopic (exact) mass is 195 g/mol. The number of rotatable bonds is 3. The van der Waals surface area contributed by atoms with Crippen molar-refractivity contribution in [1.29, 1.82) is 0 Å². The number of carbonyl (C=O) groups excluding carboxylic acids is 1. The van der Waals surface area contributed by atoms with E-state index in [1.807, 2.05) is 12.2 Å². The lowest BCUT2D eigenvalue weighted by atomic mass is 10.2. The van der Waals surface area contributed by atoms with Gasteiger partial charge in [0.1, 0.15) is 0 Å². The average Bonchev–Trinajstić information content (AvgIpc) is 2.45. The van der Waals surface area contributed by atoms with Gasteiger partial charge in [-0.1, -0.05) is 12.2 Å². The normalized spacial score (nSPS) is 10.6. The van der Waals surface area contributed by atoms with E-state index in [4.69, 9.17) is 0 Å². The van der Waals surface area contributed by atoms with Crippen molar-refractivity contribution in [3.63, 3.8) is 0 Å². The van der Waals surface area contributed by atoms with Gasteiger partial charge in [0.05, 0.1) is 0 Å². The van der Waals surface area contributed by atoms with Gasteiger partial charge in [0, 0.05) is 13.5 Å². The standard InChI is InChI=1S/C10H13NOS/c1-8-6-13-7-10(8)4-3-5-11-9(2)12/h3-4,6-7H,5H2,1-2H3,(H,11,12). The summed E-state index contributed by atoms with van der Waals surface area (Å²) in [5.41, 5.74) is 2.51. The molecule has 0 saturated carbocycles. The Morgan fingerprint density at radius 1 is 1.62 bits per heavy atom. The number of hydrogen-bond donors (Lipinski definition) is 1. The van der Waals surface area contributed by atoms with Crippen LogP contribution < -0.4 is 5.32 Å². The number of carbonyl (C=O) groups is 1. The highest BCUT2D eigenvalue weighted by Crippen LogP contribution is 2.14. The first-order chi connectivity index (χ1) is 6.20.